The van der Waals surface area contributed by atoms with Crippen LogP contribution < -0.4 is 10.6 Å². The average molecular weight is 761 g/mol. The molecule has 4 nitrogen and oxygen atoms in total. The van der Waals surface area contributed by atoms with Crippen molar-refractivity contribution in [2.45, 2.75) is 16.4 Å². The summed E-state index contributed by atoms with van der Waals surface area (Å²) in [6.07, 6.45) is 1.93. The van der Waals surface area contributed by atoms with Crippen molar-refractivity contribution in [3.05, 3.63) is 216 Å². The summed E-state index contributed by atoms with van der Waals surface area (Å²) in [5.41, 5.74) is 11.3. The van der Waals surface area contributed by atoms with Crippen molar-refractivity contribution in [1.82, 2.24) is 9.88 Å². The second-order valence-electron chi connectivity index (χ2n) is 15.2. The van der Waals surface area contributed by atoms with Gasteiger partial charge in [-0.3, -0.25) is 4.99 Å². The monoisotopic (exact) mass is 760 g/mol. The summed E-state index contributed by atoms with van der Waals surface area (Å²) in [5.74, 6) is 0. The Morgan fingerprint density at radius 1 is 0.483 bits per heavy atom. The first kappa shape index (κ1) is 33.1. The molecular formula is C53H36N4S. The lowest BCUT2D eigenvalue weighted by atomic mass is 9.97. The van der Waals surface area contributed by atoms with Gasteiger partial charge in [-0.1, -0.05) is 157 Å². The second-order valence-corrected chi connectivity index (χ2v) is 16.4. The molecule has 1 aromatic heterocycles. The summed E-state index contributed by atoms with van der Waals surface area (Å²) < 4.78 is 2.40. The van der Waals surface area contributed by atoms with Crippen molar-refractivity contribution in [2.24, 2.45) is 4.99 Å². The molecule has 0 saturated carbocycles. The molecule has 2 N–H and O–H groups in total. The Kier molecular flexibility index (Phi) is 7.57. The summed E-state index contributed by atoms with van der Waals surface area (Å²) in [6, 6.07) is 68.1. The predicted molar refractivity (Wildman–Crippen MR) is 245 cm³/mol. The highest BCUT2D eigenvalue weighted by atomic mass is 32.2. The van der Waals surface area contributed by atoms with E-state index in [1.165, 1.54) is 64.8 Å². The molecule has 10 aromatic rings. The number of hydrogen-bond acceptors (Lipinski definition) is 4. The lowest BCUT2D eigenvalue weighted by Crippen LogP contribution is -2.24. The first-order valence-electron chi connectivity index (χ1n) is 19.8. The molecule has 9 aromatic carbocycles. The highest BCUT2D eigenvalue weighted by Gasteiger charge is 2.26. The van der Waals surface area contributed by atoms with Crippen LogP contribution in [-0.2, 0) is 0 Å². The topological polar surface area (TPSA) is 41.4 Å². The standard InChI is InChI=1S/C53H36N4S/c1-4-12-33(13-5-1)45-32-46(39-22-26-43-44-29-36-16-10-11-17-37(36)30-48(44)57(47(43)31-39)41-18-8-3-9-19-41)55-52(54-45)40-23-25-42-38(28-40)21-20-34-24-27-49-51(50(34)42)56-53(58-49)35-14-6-2-7-15-35/h1-32,52-54,56H. The third kappa shape index (κ3) is 5.42. The third-order valence-electron chi connectivity index (χ3n) is 11.8. The van der Waals surface area contributed by atoms with Gasteiger partial charge in [0, 0.05) is 38.0 Å². The molecule has 5 heteroatoms. The van der Waals surface area contributed by atoms with E-state index in [9.17, 15) is 0 Å². The van der Waals surface area contributed by atoms with Gasteiger partial charge in [0.05, 0.1) is 22.4 Å². The van der Waals surface area contributed by atoms with E-state index in [4.69, 9.17) is 4.99 Å². The molecule has 2 atom stereocenters. The van der Waals surface area contributed by atoms with Gasteiger partial charge in [0.1, 0.15) is 11.5 Å². The average Bonchev–Trinajstić information content (AvgIpc) is 3.88. The van der Waals surface area contributed by atoms with Crippen LogP contribution in [0.2, 0.25) is 0 Å². The zero-order valence-electron chi connectivity index (χ0n) is 31.4. The quantitative estimate of drug-likeness (QED) is 0.172. The van der Waals surface area contributed by atoms with Gasteiger partial charge >= 0.3 is 0 Å². The molecule has 274 valence electrons. The number of allylic oxidation sites excluding steroid dienone is 1. The van der Waals surface area contributed by atoms with Crippen LogP contribution in [0.5, 0.6) is 0 Å². The van der Waals surface area contributed by atoms with Crippen molar-refractivity contribution in [1.29, 1.82) is 0 Å². The SMILES string of the molecule is C1=C(c2ccccc2)NC(c2ccc3c(ccc4ccc5c(c43)NC(c3ccccc3)S5)c2)N=C1c1ccc2c3cc4ccccc4cc3n(-c3ccccc3)c2c1. The van der Waals surface area contributed by atoms with E-state index in [1.54, 1.807) is 0 Å². The zero-order chi connectivity index (χ0) is 38.2. The van der Waals surface area contributed by atoms with Gasteiger partial charge in [-0.15, -0.1) is 0 Å². The minimum atomic E-state index is -0.283. The lowest BCUT2D eigenvalue weighted by molar-refractivity contribution is 0.665. The summed E-state index contributed by atoms with van der Waals surface area (Å²) in [7, 11) is 0. The van der Waals surface area contributed by atoms with Gasteiger partial charge in [-0.05, 0) is 92.2 Å². The largest absolute Gasteiger partial charge is 0.368 e. The maximum Gasteiger partial charge on any atom is 0.145 e. The predicted octanol–water partition coefficient (Wildman–Crippen LogP) is 13.6. The van der Waals surface area contributed by atoms with Gasteiger partial charge in [-0.25, -0.2) is 0 Å². The molecule has 12 rings (SSSR count). The van der Waals surface area contributed by atoms with E-state index >= 15 is 0 Å². The fourth-order valence-electron chi connectivity index (χ4n) is 8.99. The van der Waals surface area contributed by atoms with Crippen LogP contribution in [0, 0.1) is 0 Å². The van der Waals surface area contributed by atoms with Crippen molar-refractivity contribution in [3.8, 4) is 5.69 Å². The number of hydrogen-bond donors (Lipinski definition) is 2. The van der Waals surface area contributed by atoms with Crippen molar-refractivity contribution < 1.29 is 0 Å². The summed E-state index contributed by atoms with van der Waals surface area (Å²) in [5, 5.41) is 17.8. The fraction of sp³-hybridized carbons (Fsp3) is 0.0377. The van der Waals surface area contributed by atoms with E-state index < -0.39 is 0 Å². The number of aromatic nitrogens is 1. The number of fused-ring (bicyclic) bond motifs is 9. The molecule has 2 unspecified atom stereocenters. The number of anilines is 1. The molecule has 3 heterocycles. The number of aliphatic imine (C=N–C) groups is 1. The third-order valence-corrected chi connectivity index (χ3v) is 13.0. The van der Waals surface area contributed by atoms with E-state index in [0.29, 0.717) is 0 Å². The van der Waals surface area contributed by atoms with Crippen LogP contribution in [0.25, 0.3) is 65.5 Å². The van der Waals surface area contributed by atoms with E-state index in [2.05, 4.69) is 209 Å². The maximum atomic E-state index is 5.48. The molecule has 0 fully saturated rings. The molecule has 0 amide bonds. The molecule has 0 aliphatic carbocycles. The molecule has 2 aliphatic rings. The van der Waals surface area contributed by atoms with E-state index in [-0.39, 0.29) is 11.5 Å². The molecule has 0 bridgehead atoms. The number of benzene rings is 9. The Morgan fingerprint density at radius 3 is 2.00 bits per heavy atom. The minimum absolute atomic E-state index is 0.187. The summed E-state index contributed by atoms with van der Waals surface area (Å²) in [6.45, 7) is 0. The van der Waals surface area contributed by atoms with Gasteiger partial charge in [-0.2, -0.15) is 0 Å². The molecule has 58 heavy (non-hydrogen) atoms. The van der Waals surface area contributed by atoms with Gasteiger partial charge in [0.2, 0.25) is 0 Å². The van der Waals surface area contributed by atoms with Crippen molar-refractivity contribution in [3.63, 3.8) is 0 Å². The van der Waals surface area contributed by atoms with Crippen LogP contribution in [0.15, 0.2) is 204 Å². The van der Waals surface area contributed by atoms with Crippen LogP contribution in [-0.4, -0.2) is 10.3 Å². The molecule has 0 saturated heterocycles. The Bertz CT molecular complexity index is 3310. The number of nitrogens with zero attached hydrogens (tertiary/aromatic N) is 2. The van der Waals surface area contributed by atoms with Crippen molar-refractivity contribution >= 4 is 83.0 Å². The van der Waals surface area contributed by atoms with Gasteiger partial charge < -0.3 is 15.2 Å². The lowest BCUT2D eigenvalue weighted by Gasteiger charge is -2.25. The highest BCUT2D eigenvalue weighted by molar-refractivity contribution is 8.00. The normalized spacial score (nSPS) is 16.3. The van der Waals surface area contributed by atoms with Crippen LogP contribution in [0.1, 0.15) is 33.8 Å². The van der Waals surface area contributed by atoms with Gasteiger partial charge in [0.25, 0.3) is 0 Å². The fourth-order valence-corrected chi connectivity index (χ4v) is 10.1. The second kappa shape index (κ2) is 13.3. The Morgan fingerprint density at radius 2 is 1.17 bits per heavy atom. The molecule has 0 radical (unpaired) electrons. The van der Waals surface area contributed by atoms with Crippen LogP contribution >= 0.6 is 11.8 Å². The highest BCUT2D eigenvalue weighted by Crippen LogP contribution is 2.51. The van der Waals surface area contributed by atoms with Gasteiger partial charge in [0.15, 0.2) is 0 Å². The Hall–Kier alpha value is -7.08. The number of para-hydroxylation sites is 1. The Labute approximate surface area is 340 Å². The number of nitrogens with one attached hydrogen (secondary N) is 2. The molecular weight excluding hydrogens is 725 g/mol. The number of rotatable bonds is 5. The summed E-state index contributed by atoms with van der Waals surface area (Å²) in [4.78, 5) is 6.77. The van der Waals surface area contributed by atoms with Crippen LogP contribution in [0.3, 0.4) is 0 Å². The summed E-state index contributed by atoms with van der Waals surface area (Å²) >= 11 is 1.89. The first-order valence-corrected chi connectivity index (χ1v) is 20.7. The zero-order valence-corrected chi connectivity index (χ0v) is 32.2. The van der Waals surface area contributed by atoms with Crippen LogP contribution in [0.4, 0.5) is 5.69 Å². The smallest absolute Gasteiger partial charge is 0.145 e. The molecule has 2 aliphatic heterocycles. The van der Waals surface area contributed by atoms with E-state index in [1.807, 2.05) is 11.8 Å². The first-order chi connectivity index (χ1) is 28.7. The maximum absolute atomic E-state index is 5.48. The Balaban J connectivity index is 0.995. The van der Waals surface area contributed by atoms with Crippen molar-refractivity contribution in [2.75, 3.05) is 5.32 Å². The van der Waals surface area contributed by atoms with E-state index in [0.717, 1.165) is 39.3 Å². The minimum Gasteiger partial charge on any atom is -0.368 e. The number of thioether (sulfide) groups is 1. The molecule has 0 spiro atoms.